The monoisotopic (exact) mass is 364 g/mol. The zero-order chi connectivity index (χ0) is 19.4. The van der Waals surface area contributed by atoms with Crippen molar-refractivity contribution in [1.29, 1.82) is 0 Å². The van der Waals surface area contributed by atoms with E-state index >= 15 is 0 Å². The Morgan fingerprint density at radius 1 is 0.889 bits per heavy atom. The highest BCUT2D eigenvalue weighted by Crippen LogP contribution is 2.53. The van der Waals surface area contributed by atoms with Crippen LogP contribution < -0.4 is 0 Å². The molecule has 3 nitrogen and oxygen atoms in total. The number of Topliss-reactive ketones (excluding diaryl/α,β-unsaturated/α-hetero) is 1. The summed E-state index contributed by atoms with van der Waals surface area (Å²) >= 11 is 0. The maximum atomic E-state index is 12.6. The average molecular weight is 364 g/mol. The van der Waals surface area contributed by atoms with Crippen LogP contribution in [0.15, 0.2) is 42.5 Å². The highest BCUT2D eigenvalue weighted by Gasteiger charge is 2.41. The van der Waals surface area contributed by atoms with E-state index in [2.05, 4.69) is 50.2 Å². The minimum Gasteiger partial charge on any atom is -0.481 e. The van der Waals surface area contributed by atoms with Crippen LogP contribution in [0, 0.1) is 0 Å². The van der Waals surface area contributed by atoms with Gasteiger partial charge < -0.3 is 5.11 Å². The Kier molecular flexibility index (Phi) is 5.79. The summed E-state index contributed by atoms with van der Waals surface area (Å²) in [6.45, 7) is 4.44. The lowest BCUT2D eigenvalue weighted by Gasteiger charge is -2.32. The second kappa shape index (κ2) is 8.08. The molecule has 0 aromatic heterocycles. The molecule has 0 bridgehead atoms. The molecular formula is C24H28O3. The fraction of sp³-hybridized carbons (Fsp3) is 0.417. The maximum absolute atomic E-state index is 12.6. The van der Waals surface area contributed by atoms with Gasteiger partial charge in [0.2, 0.25) is 0 Å². The average Bonchev–Trinajstić information content (AvgIpc) is 2.92. The molecule has 1 aliphatic rings. The van der Waals surface area contributed by atoms with Crippen LogP contribution in [0.4, 0.5) is 0 Å². The van der Waals surface area contributed by atoms with E-state index in [-0.39, 0.29) is 24.0 Å². The number of carboxylic acid groups (broad SMARTS) is 1. The Balaban J connectivity index is 2.02. The minimum atomic E-state index is -0.850. The zero-order valence-corrected chi connectivity index (χ0v) is 16.3. The van der Waals surface area contributed by atoms with Gasteiger partial charge in [0.25, 0.3) is 0 Å². The molecule has 2 aromatic rings. The number of benzene rings is 2. The molecule has 0 heterocycles. The molecular weight excluding hydrogens is 336 g/mol. The SMILES string of the molecule is CCCC1(CCC)c2ccccc2-c2ccc(C(=O)CCCC(=O)O)cc21. The lowest BCUT2D eigenvalue weighted by atomic mass is 9.71. The number of fused-ring (bicyclic) bond motifs is 3. The highest BCUT2D eigenvalue weighted by atomic mass is 16.4. The van der Waals surface area contributed by atoms with E-state index in [9.17, 15) is 9.59 Å². The van der Waals surface area contributed by atoms with Crippen LogP contribution in [0.5, 0.6) is 0 Å². The van der Waals surface area contributed by atoms with Gasteiger partial charge in [0.1, 0.15) is 0 Å². The van der Waals surface area contributed by atoms with Gasteiger partial charge in [-0.25, -0.2) is 0 Å². The van der Waals surface area contributed by atoms with Gasteiger partial charge in [0.15, 0.2) is 5.78 Å². The van der Waals surface area contributed by atoms with Crippen molar-refractivity contribution >= 4 is 11.8 Å². The fourth-order valence-corrected chi connectivity index (χ4v) is 4.69. The topological polar surface area (TPSA) is 54.4 Å². The lowest BCUT2D eigenvalue weighted by Crippen LogP contribution is -2.25. The Bertz CT molecular complexity index is 844. The van der Waals surface area contributed by atoms with Crippen LogP contribution in [0.2, 0.25) is 0 Å². The third-order valence-electron chi connectivity index (χ3n) is 5.74. The third kappa shape index (κ3) is 3.55. The van der Waals surface area contributed by atoms with Gasteiger partial charge in [-0.3, -0.25) is 9.59 Å². The molecule has 0 radical (unpaired) electrons. The molecule has 0 amide bonds. The van der Waals surface area contributed by atoms with Crippen molar-refractivity contribution < 1.29 is 14.7 Å². The van der Waals surface area contributed by atoms with Crippen molar-refractivity contribution in [1.82, 2.24) is 0 Å². The van der Waals surface area contributed by atoms with Crippen LogP contribution >= 0.6 is 0 Å². The van der Waals surface area contributed by atoms with Crippen LogP contribution in [0.3, 0.4) is 0 Å². The minimum absolute atomic E-state index is 0.0211. The van der Waals surface area contributed by atoms with Crippen LogP contribution in [-0.4, -0.2) is 16.9 Å². The predicted molar refractivity (Wildman–Crippen MR) is 108 cm³/mol. The van der Waals surface area contributed by atoms with Crippen molar-refractivity contribution in [2.45, 2.75) is 64.2 Å². The van der Waals surface area contributed by atoms with E-state index in [0.717, 1.165) is 25.7 Å². The molecule has 142 valence electrons. The van der Waals surface area contributed by atoms with E-state index < -0.39 is 5.97 Å². The smallest absolute Gasteiger partial charge is 0.303 e. The molecule has 1 aliphatic carbocycles. The van der Waals surface area contributed by atoms with Crippen molar-refractivity contribution in [2.24, 2.45) is 0 Å². The summed E-state index contributed by atoms with van der Waals surface area (Å²) in [7, 11) is 0. The number of carboxylic acids is 1. The predicted octanol–water partition coefficient (Wildman–Crippen LogP) is 5.99. The van der Waals surface area contributed by atoms with Gasteiger partial charge in [-0.2, -0.15) is 0 Å². The zero-order valence-electron chi connectivity index (χ0n) is 16.3. The van der Waals surface area contributed by atoms with Gasteiger partial charge in [-0.1, -0.05) is 63.1 Å². The number of hydrogen-bond acceptors (Lipinski definition) is 2. The number of ketones is 1. The molecule has 0 saturated heterocycles. The van der Waals surface area contributed by atoms with E-state index in [1.807, 2.05) is 6.07 Å². The Morgan fingerprint density at radius 3 is 2.22 bits per heavy atom. The fourth-order valence-electron chi connectivity index (χ4n) is 4.69. The molecule has 0 fully saturated rings. The van der Waals surface area contributed by atoms with Gasteiger partial charge >= 0.3 is 5.97 Å². The normalized spacial score (nSPS) is 13.9. The first-order valence-corrected chi connectivity index (χ1v) is 10.0. The van der Waals surface area contributed by atoms with E-state index in [0.29, 0.717) is 12.0 Å². The van der Waals surface area contributed by atoms with Crippen molar-refractivity contribution in [3.8, 4) is 11.1 Å². The standard InChI is InChI=1S/C24H28O3/c1-3-14-24(15-4-2)20-9-6-5-8-18(20)19-13-12-17(16-21(19)24)22(25)10-7-11-23(26)27/h5-6,8-9,12-13,16H,3-4,7,10-11,14-15H2,1-2H3,(H,26,27). The maximum Gasteiger partial charge on any atom is 0.303 e. The lowest BCUT2D eigenvalue weighted by molar-refractivity contribution is -0.137. The molecule has 0 spiro atoms. The van der Waals surface area contributed by atoms with E-state index in [4.69, 9.17) is 5.11 Å². The number of carbonyl (C=O) groups is 2. The largest absolute Gasteiger partial charge is 0.481 e. The summed E-state index contributed by atoms with van der Waals surface area (Å²) < 4.78 is 0. The molecule has 3 rings (SSSR count). The summed E-state index contributed by atoms with van der Waals surface area (Å²) in [6.07, 6.45) is 5.03. The highest BCUT2D eigenvalue weighted by molar-refractivity contribution is 5.98. The number of carbonyl (C=O) groups excluding carboxylic acids is 1. The molecule has 1 N–H and O–H groups in total. The molecule has 0 saturated carbocycles. The third-order valence-corrected chi connectivity index (χ3v) is 5.74. The first-order chi connectivity index (χ1) is 13.0. The van der Waals surface area contributed by atoms with Gasteiger partial charge in [0.05, 0.1) is 0 Å². The Hall–Kier alpha value is -2.42. The van der Waals surface area contributed by atoms with Crippen LogP contribution in [-0.2, 0) is 10.2 Å². The molecule has 0 unspecified atom stereocenters. The quantitative estimate of drug-likeness (QED) is 0.556. The van der Waals surface area contributed by atoms with Crippen molar-refractivity contribution in [3.05, 3.63) is 59.2 Å². The Morgan fingerprint density at radius 2 is 1.56 bits per heavy atom. The van der Waals surface area contributed by atoms with Gasteiger partial charge in [-0.15, -0.1) is 0 Å². The molecule has 27 heavy (non-hydrogen) atoms. The number of aliphatic carboxylic acids is 1. The number of rotatable bonds is 9. The van der Waals surface area contributed by atoms with Crippen LogP contribution in [0.25, 0.3) is 11.1 Å². The van der Waals surface area contributed by atoms with Gasteiger partial charge in [0, 0.05) is 23.8 Å². The summed E-state index contributed by atoms with van der Waals surface area (Å²) in [4.78, 5) is 23.3. The summed E-state index contributed by atoms with van der Waals surface area (Å²) in [5, 5.41) is 8.80. The summed E-state index contributed by atoms with van der Waals surface area (Å²) in [6, 6.07) is 14.7. The van der Waals surface area contributed by atoms with Crippen LogP contribution in [0.1, 0.15) is 80.3 Å². The molecule has 3 heteroatoms. The molecule has 0 aliphatic heterocycles. The first-order valence-electron chi connectivity index (χ1n) is 10.0. The van der Waals surface area contributed by atoms with Crippen molar-refractivity contribution in [2.75, 3.05) is 0 Å². The van der Waals surface area contributed by atoms with Crippen molar-refractivity contribution in [3.63, 3.8) is 0 Å². The summed E-state index contributed by atoms with van der Waals surface area (Å²) in [5.41, 5.74) is 5.89. The second-order valence-corrected chi connectivity index (χ2v) is 7.56. The van der Waals surface area contributed by atoms with E-state index in [1.54, 1.807) is 0 Å². The van der Waals surface area contributed by atoms with E-state index in [1.165, 1.54) is 22.3 Å². The first kappa shape index (κ1) is 19.3. The number of hydrogen-bond donors (Lipinski definition) is 1. The molecule has 0 atom stereocenters. The molecule has 2 aromatic carbocycles. The van der Waals surface area contributed by atoms with Gasteiger partial charge in [-0.05, 0) is 47.6 Å². The Labute approximate surface area is 161 Å². The second-order valence-electron chi connectivity index (χ2n) is 7.56. The summed E-state index contributed by atoms with van der Waals surface area (Å²) in [5.74, 6) is -0.811.